The van der Waals surface area contributed by atoms with E-state index in [4.69, 9.17) is 29.9 Å². The maximum atomic E-state index is 15.6. The zero-order valence-electron chi connectivity index (χ0n) is 30.1. The third-order valence-corrected chi connectivity index (χ3v) is 12.6. The van der Waals surface area contributed by atoms with Crippen LogP contribution in [0.3, 0.4) is 0 Å². The summed E-state index contributed by atoms with van der Waals surface area (Å²) in [7, 11) is -3.33. The van der Waals surface area contributed by atoms with E-state index in [1.165, 1.54) is 0 Å². The van der Waals surface area contributed by atoms with Crippen molar-refractivity contribution in [3.8, 4) is 68.3 Å². The summed E-state index contributed by atoms with van der Waals surface area (Å²) >= 11 is 0. The summed E-state index contributed by atoms with van der Waals surface area (Å²) in [6, 6.07) is 64.7. The molecule has 9 rings (SSSR count). The van der Waals surface area contributed by atoms with Gasteiger partial charge in [0.05, 0.1) is 0 Å². The van der Waals surface area contributed by atoms with Crippen molar-refractivity contribution in [1.29, 1.82) is 0 Å². The standard InChI is InChI=1S/C48H33N6OP/c55-56(40-24-14-5-15-25-40,41-30-26-38(27-31-41)47-51-43(34-16-6-1-7-17-34)49-44(52-47)35-18-8-2-9-19-35)42-32-28-39(29-33-42)48-53-45(36-20-10-3-11-21-36)50-46(54-48)37-22-12-4-13-23-37/h1-33H. The first kappa shape index (κ1) is 34.6. The number of hydrogen-bond acceptors (Lipinski definition) is 7. The van der Waals surface area contributed by atoms with E-state index < -0.39 is 7.14 Å². The molecule has 0 radical (unpaired) electrons. The number of nitrogens with zero attached hydrogens (tertiary/aromatic N) is 6. The van der Waals surface area contributed by atoms with Crippen molar-refractivity contribution in [3.05, 3.63) is 200 Å². The Kier molecular flexibility index (Phi) is 9.42. The lowest BCUT2D eigenvalue weighted by Crippen LogP contribution is -2.25. The predicted octanol–water partition coefficient (Wildman–Crippen LogP) is 9.70. The van der Waals surface area contributed by atoms with E-state index in [1.54, 1.807) is 0 Å². The minimum Gasteiger partial charge on any atom is -0.309 e. The van der Waals surface area contributed by atoms with Gasteiger partial charge in [-0.25, -0.2) is 29.9 Å². The lowest BCUT2D eigenvalue weighted by atomic mass is 10.1. The monoisotopic (exact) mass is 740 g/mol. The second-order valence-corrected chi connectivity index (χ2v) is 15.9. The molecule has 9 aromatic rings. The fourth-order valence-corrected chi connectivity index (χ4v) is 9.23. The Hall–Kier alpha value is -7.21. The van der Waals surface area contributed by atoms with Crippen molar-refractivity contribution < 1.29 is 4.57 Å². The second-order valence-electron chi connectivity index (χ2n) is 13.1. The molecule has 0 fully saturated rings. The molecular formula is C48H33N6OP. The van der Waals surface area contributed by atoms with E-state index in [0.29, 0.717) is 45.6 Å². The molecule has 0 aliphatic carbocycles. The van der Waals surface area contributed by atoms with Crippen LogP contribution in [0.2, 0.25) is 0 Å². The van der Waals surface area contributed by atoms with Gasteiger partial charge in [0.1, 0.15) is 0 Å². The van der Waals surface area contributed by atoms with Crippen LogP contribution in [0.15, 0.2) is 200 Å². The van der Waals surface area contributed by atoms with Gasteiger partial charge in [-0.3, -0.25) is 0 Å². The Bertz CT molecular complexity index is 2500. The van der Waals surface area contributed by atoms with Gasteiger partial charge in [-0.05, 0) is 0 Å². The molecule has 266 valence electrons. The van der Waals surface area contributed by atoms with Gasteiger partial charge in [0, 0.05) is 49.3 Å². The van der Waals surface area contributed by atoms with Gasteiger partial charge >= 0.3 is 0 Å². The summed E-state index contributed by atoms with van der Waals surface area (Å²) in [6.45, 7) is 0. The van der Waals surface area contributed by atoms with Crippen LogP contribution in [-0.2, 0) is 4.57 Å². The topological polar surface area (TPSA) is 94.4 Å². The highest BCUT2D eigenvalue weighted by Crippen LogP contribution is 2.43. The Morgan fingerprint density at radius 2 is 0.429 bits per heavy atom. The third-order valence-electron chi connectivity index (χ3n) is 9.50. The summed E-state index contributed by atoms with van der Waals surface area (Å²) in [5, 5.41) is 2.12. The third kappa shape index (κ3) is 6.95. The fraction of sp³-hybridized carbons (Fsp3) is 0. The van der Waals surface area contributed by atoms with Crippen molar-refractivity contribution >= 4 is 23.1 Å². The lowest BCUT2D eigenvalue weighted by molar-refractivity contribution is 0.592. The van der Waals surface area contributed by atoms with Gasteiger partial charge in [-0.2, -0.15) is 0 Å². The zero-order chi connectivity index (χ0) is 37.7. The van der Waals surface area contributed by atoms with Crippen LogP contribution in [0, 0.1) is 0 Å². The largest absolute Gasteiger partial charge is 0.309 e. The van der Waals surface area contributed by atoms with E-state index in [-0.39, 0.29) is 0 Å². The molecule has 0 saturated carbocycles. The van der Waals surface area contributed by atoms with Crippen molar-refractivity contribution in [2.24, 2.45) is 0 Å². The number of hydrogen-bond donors (Lipinski definition) is 0. The highest BCUT2D eigenvalue weighted by atomic mass is 31.2. The quantitative estimate of drug-likeness (QED) is 0.136. The molecule has 8 heteroatoms. The van der Waals surface area contributed by atoms with Crippen molar-refractivity contribution in [1.82, 2.24) is 29.9 Å². The average molecular weight is 741 g/mol. The highest BCUT2D eigenvalue weighted by Gasteiger charge is 2.30. The Labute approximate surface area is 324 Å². The molecule has 56 heavy (non-hydrogen) atoms. The fourth-order valence-electron chi connectivity index (χ4n) is 6.60. The number of aromatic nitrogens is 6. The Morgan fingerprint density at radius 1 is 0.232 bits per heavy atom. The molecule has 0 bridgehead atoms. The van der Waals surface area contributed by atoms with E-state index in [9.17, 15) is 0 Å². The van der Waals surface area contributed by atoms with Crippen LogP contribution in [0.4, 0.5) is 0 Å². The second kappa shape index (κ2) is 15.3. The van der Waals surface area contributed by atoms with Gasteiger partial charge in [0.25, 0.3) is 0 Å². The zero-order valence-corrected chi connectivity index (χ0v) is 31.0. The maximum Gasteiger partial charge on any atom is 0.171 e. The molecule has 0 aliphatic rings. The van der Waals surface area contributed by atoms with Crippen LogP contribution in [-0.4, -0.2) is 29.9 Å². The summed E-state index contributed by atoms with van der Waals surface area (Å²) in [6.07, 6.45) is 0. The number of rotatable bonds is 9. The molecule has 0 amide bonds. The van der Waals surface area contributed by atoms with E-state index in [1.807, 2.05) is 200 Å². The van der Waals surface area contributed by atoms with Crippen LogP contribution < -0.4 is 15.9 Å². The molecular weight excluding hydrogens is 708 g/mol. The lowest BCUT2D eigenvalue weighted by Gasteiger charge is -2.20. The molecule has 0 unspecified atom stereocenters. The van der Waals surface area contributed by atoms with E-state index >= 15 is 4.57 Å². The molecule has 0 atom stereocenters. The smallest absolute Gasteiger partial charge is 0.171 e. The highest BCUT2D eigenvalue weighted by molar-refractivity contribution is 7.85. The molecule has 0 aliphatic heterocycles. The molecule has 2 heterocycles. The van der Waals surface area contributed by atoms with Crippen LogP contribution in [0.25, 0.3) is 68.3 Å². The maximum absolute atomic E-state index is 15.6. The van der Waals surface area contributed by atoms with E-state index in [0.717, 1.165) is 38.7 Å². The van der Waals surface area contributed by atoms with Crippen molar-refractivity contribution in [3.63, 3.8) is 0 Å². The van der Waals surface area contributed by atoms with Gasteiger partial charge in [0.15, 0.2) is 42.1 Å². The summed E-state index contributed by atoms with van der Waals surface area (Å²) in [5.41, 5.74) is 5.16. The van der Waals surface area contributed by atoms with E-state index in [2.05, 4.69) is 0 Å². The van der Waals surface area contributed by atoms with Crippen LogP contribution >= 0.6 is 7.14 Å². The predicted molar refractivity (Wildman–Crippen MR) is 225 cm³/mol. The first-order valence-electron chi connectivity index (χ1n) is 18.2. The first-order chi connectivity index (χ1) is 27.6. The van der Waals surface area contributed by atoms with Crippen molar-refractivity contribution in [2.75, 3.05) is 0 Å². The minimum absolute atomic E-state index is 0.533. The molecule has 0 spiro atoms. The molecule has 7 aromatic carbocycles. The summed E-state index contributed by atoms with van der Waals surface area (Å²) in [4.78, 5) is 29.2. The van der Waals surface area contributed by atoms with Crippen LogP contribution in [0.1, 0.15) is 0 Å². The Morgan fingerprint density at radius 3 is 0.679 bits per heavy atom. The molecule has 0 N–H and O–H groups in total. The average Bonchev–Trinajstić information content (AvgIpc) is 3.30. The van der Waals surface area contributed by atoms with Gasteiger partial charge in [0.2, 0.25) is 0 Å². The van der Waals surface area contributed by atoms with Crippen LogP contribution in [0.5, 0.6) is 0 Å². The molecule has 0 saturated heterocycles. The first-order valence-corrected chi connectivity index (χ1v) is 19.9. The Balaban J connectivity index is 1.11. The minimum atomic E-state index is -3.33. The summed E-state index contributed by atoms with van der Waals surface area (Å²) in [5.74, 6) is 3.39. The normalized spacial score (nSPS) is 11.3. The SMILES string of the molecule is O=P(c1ccccc1)(c1ccc(-c2nc(-c3ccccc3)nc(-c3ccccc3)n2)cc1)c1ccc(-c2nc(-c3ccccc3)nc(-c3ccccc3)n2)cc1. The van der Waals surface area contributed by atoms with Crippen molar-refractivity contribution in [2.45, 2.75) is 0 Å². The molecule has 2 aromatic heterocycles. The summed E-state index contributed by atoms with van der Waals surface area (Å²) < 4.78 is 15.6. The van der Waals surface area contributed by atoms with Gasteiger partial charge < -0.3 is 4.57 Å². The van der Waals surface area contributed by atoms with Gasteiger partial charge in [-0.15, -0.1) is 0 Å². The number of benzene rings is 7. The van der Waals surface area contributed by atoms with Gasteiger partial charge in [-0.1, -0.05) is 200 Å². The molecule has 7 nitrogen and oxygen atoms in total.